The summed E-state index contributed by atoms with van der Waals surface area (Å²) < 4.78 is 0. The predicted molar refractivity (Wildman–Crippen MR) is 54.3 cm³/mol. The Morgan fingerprint density at radius 2 is 1.47 bits per heavy atom. The van der Waals surface area contributed by atoms with E-state index < -0.39 is 31.0 Å². The molecule has 0 saturated carbocycles. The summed E-state index contributed by atoms with van der Waals surface area (Å²) in [5.74, 6) is 0. The van der Waals surface area contributed by atoms with Crippen molar-refractivity contribution in [1.29, 1.82) is 0 Å². The molecular weight excluding hydrogens is 202 g/mol. The maximum absolute atomic E-state index is 9.49. The Kier molecular flexibility index (Phi) is 6.99. The molecule has 92 valence electrons. The van der Waals surface area contributed by atoms with E-state index >= 15 is 0 Å². The second kappa shape index (κ2) is 7.10. The van der Waals surface area contributed by atoms with Crippen LogP contribution >= 0.6 is 0 Å². The van der Waals surface area contributed by atoms with E-state index in [1.807, 2.05) is 6.92 Å². The highest BCUT2D eigenvalue weighted by atomic mass is 16.4. The molecule has 0 aliphatic carbocycles. The van der Waals surface area contributed by atoms with Crippen LogP contribution in [0.3, 0.4) is 0 Å². The van der Waals surface area contributed by atoms with Gasteiger partial charge in [0, 0.05) is 6.04 Å². The second-order valence-electron chi connectivity index (χ2n) is 3.72. The Morgan fingerprint density at radius 3 is 1.87 bits per heavy atom. The van der Waals surface area contributed by atoms with Crippen molar-refractivity contribution in [3.05, 3.63) is 0 Å². The van der Waals surface area contributed by atoms with Gasteiger partial charge in [-0.2, -0.15) is 0 Å². The van der Waals surface area contributed by atoms with Gasteiger partial charge in [0.25, 0.3) is 0 Å². The molecule has 0 aliphatic heterocycles. The van der Waals surface area contributed by atoms with Crippen molar-refractivity contribution in [3.8, 4) is 0 Å². The summed E-state index contributed by atoms with van der Waals surface area (Å²) in [5, 5.41) is 48.7. The standard InChI is InChI=1S/C9H21NO5/c1-5(10-2)3-6(12)8(14)9(15)7(13)4-11/h5-15H,3-4H2,1-2H3. The molecule has 0 fully saturated rings. The van der Waals surface area contributed by atoms with Gasteiger partial charge in [-0.1, -0.05) is 0 Å². The molecule has 0 aromatic heterocycles. The zero-order chi connectivity index (χ0) is 12.0. The molecule has 0 bridgehead atoms. The summed E-state index contributed by atoms with van der Waals surface area (Å²) in [7, 11) is 1.71. The molecule has 0 heterocycles. The van der Waals surface area contributed by atoms with Crippen LogP contribution in [0.25, 0.3) is 0 Å². The monoisotopic (exact) mass is 223 g/mol. The van der Waals surface area contributed by atoms with E-state index in [0.717, 1.165) is 0 Å². The molecule has 0 aromatic rings. The van der Waals surface area contributed by atoms with Crippen LogP contribution in [0.4, 0.5) is 0 Å². The van der Waals surface area contributed by atoms with Crippen LogP contribution in [0.5, 0.6) is 0 Å². The summed E-state index contributed by atoms with van der Waals surface area (Å²) in [6.07, 6.45) is -5.37. The van der Waals surface area contributed by atoms with Gasteiger partial charge in [-0.3, -0.25) is 0 Å². The third-order valence-electron chi connectivity index (χ3n) is 2.41. The molecular formula is C9H21NO5. The number of rotatable bonds is 7. The van der Waals surface area contributed by atoms with Gasteiger partial charge in [-0.15, -0.1) is 0 Å². The maximum Gasteiger partial charge on any atom is 0.110 e. The molecule has 0 rings (SSSR count). The lowest BCUT2D eigenvalue weighted by Gasteiger charge is -2.27. The Labute approximate surface area is 89.2 Å². The van der Waals surface area contributed by atoms with Crippen LogP contribution in [-0.4, -0.2) is 69.6 Å². The normalized spacial score (nSPS) is 21.8. The molecule has 0 aromatic carbocycles. The third kappa shape index (κ3) is 4.87. The minimum Gasteiger partial charge on any atom is -0.394 e. The van der Waals surface area contributed by atoms with Gasteiger partial charge in [0.05, 0.1) is 12.7 Å². The molecule has 15 heavy (non-hydrogen) atoms. The van der Waals surface area contributed by atoms with Crippen molar-refractivity contribution < 1.29 is 25.5 Å². The molecule has 5 unspecified atom stereocenters. The van der Waals surface area contributed by atoms with Crippen molar-refractivity contribution in [2.45, 2.75) is 43.8 Å². The first-order chi connectivity index (χ1) is 6.93. The quantitative estimate of drug-likeness (QED) is 0.283. The van der Waals surface area contributed by atoms with E-state index in [9.17, 15) is 15.3 Å². The van der Waals surface area contributed by atoms with E-state index in [2.05, 4.69) is 5.32 Å². The van der Waals surface area contributed by atoms with Gasteiger partial charge in [-0.05, 0) is 20.4 Å². The van der Waals surface area contributed by atoms with Gasteiger partial charge in [-0.25, -0.2) is 0 Å². The fourth-order valence-electron chi connectivity index (χ4n) is 1.18. The van der Waals surface area contributed by atoms with Gasteiger partial charge in [0.2, 0.25) is 0 Å². The number of nitrogens with one attached hydrogen (secondary N) is 1. The van der Waals surface area contributed by atoms with Crippen LogP contribution < -0.4 is 5.32 Å². The third-order valence-corrected chi connectivity index (χ3v) is 2.41. The summed E-state index contributed by atoms with van der Waals surface area (Å²) >= 11 is 0. The van der Waals surface area contributed by atoms with Crippen LogP contribution in [0.1, 0.15) is 13.3 Å². The van der Waals surface area contributed by atoms with Gasteiger partial charge in [0.15, 0.2) is 0 Å². The van der Waals surface area contributed by atoms with Crippen molar-refractivity contribution in [3.63, 3.8) is 0 Å². The zero-order valence-electron chi connectivity index (χ0n) is 9.04. The van der Waals surface area contributed by atoms with Crippen LogP contribution in [0.15, 0.2) is 0 Å². The fourth-order valence-corrected chi connectivity index (χ4v) is 1.18. The molecule has 6 N–H and O–H groups in total. The molecule has 0 radical (unpaired) electrons. The molecule has 0 spiro atoms. The Balaban J connectivity index is 4.12. The van der Waals surface area contributed by atoms with E-state index in [-0.39, 0.29) is 12.5 Å². The summed E-state index contributed by atoms with van der Waals surface area (Å²) in [4.78, 5) is 0. The van der Waals surface area contributed by atoms with Gasteiger partial charge >= 0.3 is 0 Å². The lowest BCUT2D eigenvalue weighted by molar-refractivity contribution is -0.117. The molecule has 0 amide bonds. The van der Waals surface area contributed by atoms with E-state index in [0.29, 0.717) is 0 Å². The Morgan fingerprint density at radius 1 is 1.00 bits per heavy atom. The van der Waals surface area contributed by atoms with Crippen LogP contribution in [0.2, 0.25) is 0 Å². The minimum absolute atomic E-state index is 0.0203. The number of aliphatic hydroxyl groups excluding tert-OH is 5. The lowest BCUT2D eigenvalue weighted by atomic mass is 9.99. The predicted octanol–water partition coefficient (Wildman–Crippen LogP) is -2.58. The average Bonchev–Trinajstić information content (AvgIpc) is 2.25. The zero-order valence-corrected chi connectivity index (χ0v) is 9.04. The SMILES string of the molecule is CNC(C)CC(O)C(O)C(O)C(O)CO. The maximum atomic E-state index is 9.49. The molecule has 5 atom stereocenters. The van der Waals surface area contributed by atoms with Crippen molar-refractivity contribution >= 4 is 0 Å². The second-order valence-corrected chi connectivity index (χ2v) is 3.72. The first-order valence-corrected chi connectivity index (χ1v) is 4.94. The highest BCUT2D eigenvalue weighted by Gasteiger charge is 2.30. The van der Waals surface area contributed by atoms with Gasteiger partial charge in [0.1, 0.15) is 18.3 Å². The lowest BCUT2D eigenvalue weighted by Crippen LogP contribution is -2.47. The molecule has 6 heteroatoms. The minimum atomic E-state index is -1.55. The highest BCUT2D eigenvalue weighted by molar-refractivity contribution is 4.82. The highest BCUT2D eigenvalue weighted by Crippen LogP contribution is 2.09. The van der Waals surface area contributed by atoms with E-state index in [4.69, 9.17) is 10.2 Å². The summed E-state index contributed by atoms with van der Waals surface area (Å²) in [6, 6.07) is -0.0203. The largest absolute Gasteiger partial charge is 0.394 e. The van der Waals surface area contributed by atoms with Crippen molar-refractivity contribution in [2.75, 3.05) is 13.7 Å². The number of hydrogen-bond donors (Lipinski definition) is 6. The topological polar surface area (TPSA) is 113 Å². The smallest absolute Gasteiger partial charge is 0.110 e. The summed E-state index contributed by atoms with van der Waals surface area (Å²) in [5.41, 5.74) is 0. The van der Waals surface area contributed by atoms with E-state index in [1.165, 1.54) is 0 Å². The molecule has 6 nitrogen and oxygen atoms in total. The number of aliphatic hydroxyl groups is 5. The number of hydrogen-bond acceptors (Lipinski definition) is 6. The molecule has 0 saturated heterocycles. The Bertz CT molecular complexity index is 169. The average molecular weight is 223 g/mol. The van der Waals surface area contributed by atoms with Crippen molar-refractivity contribution in [2.24, 2.45) is 0 Å². The Hall–Kier alpha value is -0.240. The summed E-state index contributed by atoms with van der Waals surface area (Å²) in [6.45, 7) is 1.15. The first-order valence-electron chi connectivity index (χ1n) is 4.94. The van der Waals surface area contributed by atoms with Crippen molar-refractivity contribution in [1.82, 2.24) is 5.32 Å². The fraction of sp³-hybridized carbons (Fsp3) is 1.00. The first kappa shape index (κ1) is 14.8. The van der Waals surface area contributed by atoms with Crippen LogP contribution in [-0.2, 0) is 0 Å². The van der Waals surface area contributed by atoms with Gasteiger partial charge < -0.3 is 30.8 Å². The molecule has 0 aliphatic rings. The van der Waals surface area contributed by atoms with E-state index in [1.54, 1.807) is 7.05 Å². The van der Waals surface area contributed by atoms with Crippen LogP contribution in [0, 0.1) is 0 Å².